The van der Waals surface area contributed by atoms with E-state index in [1.54, 1.807) is 24.3 Å². The molecule has 140 valence electrons. The summed E-state index contributed by atoms with van der Waals surface area (Å²) in [5, 5.41) is 15.6. The van der Waals surface area contributed by atoms with Gasteiger partial charge in [-0.25, -0.2) is 13.5 Å². The van der Waals surface area contributed by atoms with Gasteiger partial charge in [0.2, 0.25) is 5.91 Å². The van der Waals surface area contributed by atoms with E-state index in [1.807, 2.05) is 0 Å². The number of amides is 1. The lowest BCUT2D eigenvalue weighted by Gasteiger charge is -2.10. The maximum absolute atomic E-state index is 14.1. The molecule has 0 radical (unpaired) electrons. The molecule has 0 aliphatic carbocycles. The largest absolute Gasteiger partial charge is 0.322 e. The molecule has 0 aliphatic heterocycles. The molecule has 1 amide bonds. The summed E-state index contributed by atoms with van der Waals surface area (Å²) in [5.74, 6) is -2.99. The highest BCUT2D eigenvalue weighted by molar-refractivity contribution is 6.30. The van der Waals surface area contributed by atoms with Crippen LogP contribution in [0.4, 0.5) is 14.5 Å². The van der Waals surface area contributed by atoms with Crippen molar-refractivity contribution >= 4 is 23.2 Å². The average Bonchev–Trinajstić information content (AvgIpc) is 2.67. The average molecular weight is 401 g/mol. The Bertz CT molecular complexity index is 1150. The molecule has 0 fully saturated rings. The zero-order chi connectivity index (χ0) is 20.3. The van der Waals surface area contributed by atoms with Gasteiger partial charge in [-0.15, -0.1) is 0 Å². The van der Waals surface area contributed by atoms with E-state index in [0.717, 1.165) is 16.8 Å². The summed E-state index contributed by atoms with van der Waals surface area (Å²) < 4.78 is 28.3. The van der Waals surface area contributed by atoms with E-state index in [9.17, 15) is 18.4 Å². The summed E-state index contributed by atoms with van der Waals surface area (Å²) in [4.78, 5) is 24.2. The number of rotatable bonds is 4. The van der Waals surface area contributed by atoms with Crippen molar-refractivity contribution < 1.29 is 13.6 Å². The van der Waals surface area contributed by atoms with Crippen LogP contribution in [-0.2, 0) is 11.3 Å². The second-order valence-electron chi connectivity index (χ2n) is 5.67. The molecule has 1 N–H and O–H groups in total. The molecule has 3 rings (SSSR count). The van der Waals surface area contributed by atoms with Crippen molar-refractivity contribution in [2.24, 2.45) is 0 Å². The second kappa shape index (κ2) is 7.98. The molecule has 1 aromatic heterocycles. The number of carbonyl (C=O) groups is 1. The van der Waals surface area contributed by atoms with Crippen LogP contribution >= 0.6 is 11.6 Å². The third-order valence-electron chi connectivity index (χ3n) is 3.78. The van der Waals surface area contributed by atoms with Crippen molar-refractivity contribution in [2.75, 3.05) is 5.32 Å². The van der Waals surface area contributed by atoms with Gasteiger partial charge in [-0.2, -0.15) is 10.4 Å². The number of carbonyl (C=O) groups excluding carboxylic acids is 1. The summed E-state index contributed by atoms with van der Waals surface area (Å²) in [7, 11) is 0. The van der Waals surface area contributed by atoms with Crippen molar-refractivity contribution in [3.05, 3.63) is 81.1 Å². The molecule has 6 nitrogen and oxygen atoms in total. The molecular formula is C19H11ClF2N4O2. The smallest absolute Gasteiger partial charge is 0.267 e. The van der Waals surface area contributed by atoms with Crippen LogP contribution in [0.5, 0.6) is 0 Å². The zero-order valence-electron chi connectivity index (χ0n) is 14.1. The Morgan fingerprint density at radius 3 is 2.54 bits per heavy atom. The first-order chi connectivity index (χ1) is 13.4. The zero-order valence-corrected chi connectivity index (χ0v) is 14.9. The lowest BCUT2D eigenvalue weighted by Crippen LogP contribution is -2.29. The van der Waals surface area contributed by atoms with Gasteiger partial charge >= 0.3 is 0 Å². The molecule has 0 spiro atoms. The molecular weight excluding hydrogens is 390 g/mol. The number of nitriles is 1. The monoisotopic (exact) mass is 400 g/mol. The van der Waals surface area contributed by atoms with Crippen LogP contribution in [0, 0.1) is 23.0 Å². The van der Waals surface area contributed by atoms with Crippen molar-refractivity contribution in [1.82, 2.24) is 9.78 Å². The van der Waals surface area contributed by atoms with Gasteiger partial charge in [-0.3, -0.25) is 9.59 Å². The number of benzene rings is 2. The maximum atomic E-state index is 14.1. The predicted octanol–water partition coefficient (Wildman–Crippen LogP) is 3.35. The number of nitrogens with one attached hydrogen (secondary N) is 1. The topological polar surface area (TPSA) is 87.8 Å². The molecule has 1 heterocycles. The van der Waals surface area contributed by atoms with Gasteiger partial charge in [0.1, 0.15) is 24.0 Å². The van der Waals surface area contributed by atoms with Crippen LogP contribution in [0.15, 0.2) is 53.3 Å². The first-order valence-corrected chi connectivity index (χ1v) is 8.29. The van der Waals surface area contributed by atoms with Crippen LogP contribution in [0.3, 0.4) is 0 Å². The molecule has 0 bridgehead atoms. The van der Waals surface area contributed by atoms with E-state index in [4.69, 9.17) is 16.9 Å². The predicted molar refractivity (Wildman–Crippen MR) is 98.6 cm³/mol. The number of hydrogen-bond acceptors (Lipinski definition) is 4. The lowest BCUT2D eigenvalue weighted by molar-refractivity contribution is -0.117. The Labute approximate surface area is 162 Å². The van der Waals surface area contributed by atoms with Crippen LogP contribution < -0.4 is 10.9 Å². The van der Waals surface area contributed by atoms with Gasteiger partial charge in [0, 0.05) is 16.7 Å². The summed E-state index contributed by atoms with van der Waals surface area (Å²) >= 11 is 5.84. The Morgan fingerprint density at radius 1 is 1.14 bits per heavy atom. The number of hydrogen-bond donors (Lipinski definition) is 1. The van der Waals surface area contributed by atoms with E-state index < -0.39 is 35.2 Å². The SMILES string of the molecule is N#Cc1c(F)ccc(NC(=O)Cn2nc(-c3ccc(Cl)cc3)ccc2=O)c1F. The van der Waals surface area contributed by atoms with Gasteiger partial charge < -0.3 is 5.32 Å². The molecule has 0 saturated carbocycles. The highest BCUT2D eigenvalue weighted by Gasteiger charge is 2.16. The molecule has 0 aliphatic rings. The molecule has 28 heavy (non-hydrogen) atoms. The lowest BCUT2D eigenvalue weighted by atomic mass is 10.1. The van der Waals surface area contributed by atoms with Crippen LogP contribution in [-0.4, -0.2) is 15.7 Å². The van der Waals surface area contributed by atoms with E-state index in [2.05, 4.69) is 10.4 Å². The Morgan fingerprint density at radius 2 is 1.86 bits per heavy atom. The minimum atomic E-state index is -1.19. The number of aromatic nitrogens is 2. The first kappa shape index (κ1) is 19.2. The third-order valence-corrected chi connectivity index (χ3v) is 4.03. The van der Waals surface area contributed by atoms with Crippen molar-refractivity contribution in [3.8, 4) is 17.3 Å². The summed E-state index contributed by atoms with van der Waals surface area (Å²) in [6.07, 6.45) is 0. The summed E-state index contributed by atoms with van der Waals surface area (Å²) in [6.45, 7) is -0.501. The number of nitrogens with zero attached hydrogens (tertiary/aromatic N) is 3. The maximum Gasteiger partial charge on any atom is 0.267 e. The fourth-order valence-corrected chi connectivity index (χ4v) is 2.54. The van der Waals surface area contributed by atoms with E-state index in [0.29, 0.717) is 16.3 Å². The van der Waals surface area contributed by atoms with Crippen molar-refractivity contribution in [3.63, 3.8) is 0 Å². The summed E-state index contributed by atoms with van der Waals surface area (Å²) in [6, 6.07) is 12.7. The minimum absolute atomic E-state index is 0.371. The quantitative estimate of drug-likeness (QED) is 0.727. The van der Waals surface area contributed by atoms with Gasteiger partial charge in [0.25, 0.3) is 5.56 Å². The van der Waals surface area contributed by atoms with Gasteiger partial charge in [-0.05, 0) is 30.3 Å². The highest BCUT2D eigenvalue weighted by Crippen LogP contribution is 2.21. The van der Waals surface area contributed by atoms with Crippen molar-refractivity contribution in [1.29, 1.82) is 5.26 Å². The molecule has 2 aromatic carbocycles. The molecule has 9 heteroatoms. The third kappa shape index (κ3) is 4.05. The fourth-order valence-electron chi connectivity index (χ4n) is 2.41. The Kier molecular flexibility index (Phi) is 5.47. The number of halogens is 3. The fraction of sp³-hybridized carbons (Fsp3) is 0.0526. The standard InChI is InChI=1S/C19H11ClF2N4O2/c20-12-3-1-11(2-4-12)15-7-8-18(28)26(25-15)10-17(27)24-16-6-5-14(21)13(9-23)19(16)22/h1-8H,10H2,(H,24,27). The van der Waals surface area contributed by atoms with Crippen LogP contribution in [0.1, 0.15) is 5.56 Å². The number of anilines is 1. The first-order valence-electron chi connectivity index (χ1n) is 7.91. The molecule has 0 unspecified atom stereocenters. The van der Waals surface area contributed by atoms with Crippen molar-refractivity contribution in [2.45, 2.75) is 6.54 Å². The Hall–Kier alpha value is -3.57. The molecule has 0 atom stereocenters. The van der Waals surface area contributed by atoms with Gasteiger partial charge in [-0.1, -0.05) is 23.7 Å². The van der Waals surface area contributed by atoms with Gasteiger partial charge in [0.05, 0.1) is 11.4 Å². The normalized spacial score (nSPS) is 10.4. The Balaban J connectivity index is 1.83. The summed E-state index contributed by atoms with van der Waals surface area (Å²) in [5.41, 5.74) is -0.599. The molecule has 0 saturated heterocycles. The minimum Gasteiger partial charge on any atom is -0.322 e. The second-order valence-corrected chi connectivity index (χ2v) is 6.10. The highest BCUT2D eigenvalue weighted by atomic mass is 35.5. The van der Waals surface area contributed by atoms with E-state index in [-0.39, 0.29) is 5.69 Å². The van der Waals surface area contributed by atoms with Crippen LogP contribution in [0.25, 0.3) is 11.3 Å². The molecule has 3 aromatic rings. The van der Waals surface area contributed by atoms with Crippen LogP contribution in [0.2, 0.25) is 5.02 Å². The van der Waals surface area contributed by atoms with Gasteiger partial charge in [0.15, 0.2) is 5.82 Å². The van der Waals surface area contributed by atoms with E-state index >= 15 is 0 Å². The van der Waals surface area contributed by atoms with E-state index in [1.165, 1.54) is 18.2 Å².